The average Bonchev–Trinajstić information content (AvgIpc) is 2.72. The maximum Gasteiger partial charge on any atom is 0.142 e. The van der Waals surface area contributed by atoms with E-state index in [4.69, 9.17) is 4.74 Å². The highest BCUT2D eigenvalue weighted by molar-refractivity contribution is 7.13. The highest BCUT2D eigenvalue weighted by atomic mass is 32.1. The number of hydrogen-bond donors (Lipinski definition) is 0. The third-order valence-corrected chi connectivity index (χ3v) is 2.61. The predicted molar refractivity (Wildman–Crippen MR) is 56.1 cm³/mol. The average molecular weight is 206 g/mol. The van der Waals surface area contributed by atoms with E-state index in [0.29, 0.717) is 6.61 Å². The Morgan fingerprint density at radius 2 is 2.29 bits per heavy atom. The zero-order chi connectivity index (χ0) is 9.80. The molecule has 0 N–H and O–H groups in total. The molecule has 0 amide bonds. The molecule has 2 aromatic heterocycles. The molecule has 0 fully saturated rings. The highest BCUT2D eigenvalue weighted by Crippen LogP contribution is 2.23. The van der Waals surface area contributed by atoms with E-state index in [0.717, 1.165) is 16.3 Å². The van der Waals surface area contributed by atoms with E-state index in [1.54, 1.807) is 30.8 Å². The van der Waals surface area contributed by atoms with Gasteiger partial charge in [-0.2, -0.15) is 0 Å². The van der Waals surface area contributed by atoms with Gasteiger partial charge in [0.25, 0.3) is 0 Å². The molecule has 2 heterocycles. The fourth-order valence-electron chi connectivity index (χ4n) is 1.24. The summed E-state index contributed by atoms with van der Waals surface area (Å²) in [5.41, 5.74) is 1.99. The summed E-state index contributed by atoms with van der Waals surface area (Å²) in [6.45, 7) is 0.572. The zero-order valence-electron chi connectivity index (χ0n) is 7.80. The van der Waals surface area contributed by atoms with Crippen molar-refractivity contribution >= 4 is 11.3 Å². The number of thiazole rings is 1. The van der Waals surface area contributed by atoms with Crippen molar-refractivity contribution in [3.63, 3.8) is 0 Å². The van der Waals surface area contributed by atoms with Crippen molar-refractivity contribution in [2.45, 2.75) is 6.61 Å². The van der Waals surface area contributed by atoms with Crippen LogP contribution in [0.25, 0.3) is 10.7 Å². The van der Waals surface area contributed by atoms with E-state index >= 15 is 0 Å². The third-order valence-electron chi connectivity index (χ3n) is 1.83. The largest absolute Gasteiger partial charge is 0.380 e. The fourth-order valence-corrected chi connectivity index (χ4v) is 1.91. The molecule has 0 spiro atoms. The minimum Gasteiger partial charge on any atom is -0.380 e. The standard InChI is InChI=1S/C10H10N2OS/c1-13-7-8-3-2-4-11-9(8)10-12-5-6-14-10/h2-6H,7H2,1H3. The molecule has 14 heavy (non-hydrogen) atoms. The van der Waals surface area contributed by atoms with Crippen LogP contribution in [0.5, 0.6) is 0 Å². The van der Waals surface area contributed by atoms with Crippen LogP contribution in [-0.2, 0) is 11.3 Å². The molecular formula is C10H10N2OS. The summed E-state index contributed by atoms with van der Waals surface area (Å²) in [6.07, 6.45) is 3.56. The van der Waals surface area contributed by atoms with Crippen molar-refractivity contribution in [3.05, 3.63) is 35.5 Å². The molecule has 72 valence electrons. The summed E-state index contributed by atoms with van der Waals surface area (Å²) in [5.74, 6) is 0. The second kappa shape index (κ2) is 4.30. The van der Waals surface area contributed by atoms with Crippen LogP contribution in [0.15, 0.2) is 29.9 Å². The van der Waals surface area contributed by atoms with Crippen molar-refractivity contribution in [1.82, 2.24) is 9.97 Å². The number of rotatable bonds is 3. The van der Waals surface area contributed by atoms with Crippen LogP contribution in [0.4, 0.5) is 0 Å². The van der Waals surface area contributed by atoms with Gasteiger partial charge in [-0.15, -0.1) is 11.3 Å². The molecule has 0 aliphatic rings. The van der Waals surface area contributed by atoms with Crippen LogP contribution in [0.1, 0.15) is 5.56 Å². The molecule has 3 nitrogen and oxygen atoms in total. The molecule has 4 heteroatoms. The molecule has 2 rings (SSSR count). The van der Waals surface area contributed by atoms with Crippen molar-refractivity contribution in [3.8, 4) is 10.7 Å². The van der Waals surface area contributed by atoms with Crippen LogP contribution in [0, 0.1) is 0 Å². The number of aromatic nitrogens is 2. The van der Waals surface area contributed by atoms with E-state index in [-0.39, 0.29) is 0 Å². The van der Waals surface area contributed by atoms with Gasteiger partial charge in [-0.25, -0.2) is 4.98 Å². The van der Waals surface area contributed by atoms with E-state index in [1.807, 2.05) is 17.5 Å². The van der Waals surface area contributed by atoms with Gasteiger partial charge in [0.1, 0.15) is 10.7 Å². The molecule has 2 aromatic rings. The molecule has 0 atom stereocenters. The van der Waals surface area contributed by atoms with Gasteiger partial charge in [-0.3, -0.25) is 4.98 Å². The van der Waals surface area contributed by atoms with E-state index in [1.165, 1.54) is 0 Å². The van der Waals surface area contributed by atoms with E-state index in [9.17, 15) is 0 Å². The van der Waals surface area contributed by atoms with Crippen LogP contribution in [0.3, 0.4) is 0 Å². The normalized spacial score (nSPS) is 10.4. The summed E-state index contributed by atoms with van der Waals surface area (Å²) < 4.78 is 5.10. The van der Waals surface area contributed by atoms with Crippen molar-refractivity contribution < 1.29 is 4.74 Å². The number of nitrogens with zero attached hydrogens (tertiary/aromatic N) is 2. The van der Waals surface area contributed by atoms with Gasteiger partial charge in [0.05, 0.1) is 6.61 Å². The van der Waals surface area contributed by atoms with Gasteiger partial charge in [0, 0.05) is 30.4 Å². The lowest BCUT2D eigenvalue weighted by atomic mass is 10.2. The second-order valence-corrected chi connectivity index (χ2v) is 3.68. The van der Waals surface area contributed by atoms with Crippen molar-refractivity contribution in [1.29, 1.82) is 0 Å². The first-order valence-electron chi connectivity index (χ1n) is 4.24. The highest BCUT2D eigenvalue weighted by Gasteiger charge is 2.07. The lowest BCUT2D eigenvalue weighted by Crippen LogP contribution is -1.93. The Hall–Kier alpha value is -1.26. The Bertz CT molecular complexity index is 400. The summed E-state index contributed by atoms with van der Waals surface area (Å²) in [4.78, 5) is 8.54. The van der Waals surface area contributed by atoms with Crippen molar-refractivity contribution in [2.24, 2.45) is 0 Å². The molecule has 0 radical (unpaired) electrons. The molecule has 0 unspecified atom stereocenters. The summed E-state index contributed by atoms with van der Waals surface area (Å²) in [5, 5.41) is 2.89. The smallest absolute Gasteiger partial charge is 0.142 e. The summed E-state index contributed by atoms with van der Waals surface area (Å²) in [6, 6.07) is 3.92. The summed E-state index contributed by atoms with van der Waals surface area (Å²) in [7, 11) is 1.68. The minimum absolute atomic E-state index is 0.572. The minimum atomic E-state index is 0.572. The molecule has 0 aliphatic carbocycles. The van der Waals surface area contributed by atoms with Crippen LogP contribution in [0.2, 0.25) is 0 Å². The van der Waals surface area contributed by atoms with Crippen LogP contribution >= 0.6 is 11.3 Å². The Morgan fingerprint density at radius 3 is 3.00 bits per heavy atom. The van der Waals surface area contributed by atoms with Crippen LogP contribution < -0.4 is 0 Å². The number of ether oxygens (including phenoxy) is 1. The van der Waals surface area contributed by atoms with Gasteiger partial charge in [0.15, 0.2) is 0 Å². The number of hydrogen-bond acceptors (Lipinski definition) is 4. The first-order valence-corrected chi connectivity index (χ1v) is 5.12. The molecule has 0 bridgehead atoms. The lowest BCUT2D eigenvalue weighted by Gasteiger charge is -2.03. The van der Waals surface area contributed by atoms with Gasteiger partial charge >= 0.3 is 0 Å². The summed E-state index contributed by atoms with van der Waals surface area (Å²) >= 11 is 1.59. The quantitative estimate of drug-likeness (QED) is 0.773. The molecule has 0 aliphatic heterocycles. The van der Waals surface area contributed by atoms with Crippen LogP contribution in [-0.4, -0.2) is 17.1 Å². The Morgan fingerprint density at radius 1 is 1.36 bits per heavy atom. The fraction of sp³-hybridized carbons (Fsp3) is 0.200. The Kier molecular flexibility index (Phi) is 2.86. The maximum atomic E-state index is 5.10. The van der Waals surface area contributed by atoms with Gasteiger partial charge in [-0.05, 0) is 6.07 Å². The van der Waals surface area contributed by atoms with Gasteiger partial charge in [-0.1, -0.05) is 6.07 Å². The van der Waals surface area contributed by atoms with Crippen molar-refractivity contribution in [2.75, 3.05) is 7.11 Å². The monoisotopic (exact) mass is 206 g/mol. The van der Waals surface area contributed by atoms with Gasteiger partial charge in [0.2, 0.25) is 0 Å². The zero-order valence-corrected chi connectivity index (χ0v) is 8.62. The first kappa shape index (κ1) is 9.30. The topological polar surface area (TPSA) is 35.0 Å². The molecule has 0 saturated carbocycles. The Balaban J connectivity index is 2.42. The van der Waals surface area contributed by atoms with E-state index < -0.39 is 0 Å². The molecule has 0 aromatic carbocycles. The Labute approximate surface area is 86.4 Å². The third kappa shape index (κ3) is 1.81. The first-order chi connectivity index (χ1) is 6.92. The molecular weight excluding hydrogens is 196 g/mol. The van der Waals surface area contributed by atoms with Gasteiger partial charge < -0.3 is 4.74 Å². The predicted octanol–water partition coefficient (Wildman–Crippen LogP) is 2.35. The second-order valence-electron chi connectivity index (χ2n) is 2.78. The SMILES string of the molecule is COCc1cccnc1-c1nccs1. The molecule has 0 saturated heterocycles. The lowest BCUT2D eigenvalue weighted by molar-refractivity contribution is 0.185. The maximum absolute atomic E-state index is 5.10. The number of methoxy groups -OCH3 is 1. The van der Waals surface area contributed by atoms with E-state index in [2.05, 4.69) is 9.97 Å². The number of pyridine rings is 1.